The molecule has 0 unspecified atom stereocenters. The fourth-order valence-corrected chi connectivity index (χ4v) is 3.30. The quantitative estimate of drug-likeness (QED) is 0.536. The summed E-state index contributed by atoms with van der Waals surface area (Å²) in [5, 5.41) is 4.32. The molecule has 2 amide bonds. The van der Waals surface area contributed by atoms with E-state index in [0.29, 0.717) is 26.4 Å². The highest BCUT2D eigenvalue weighted by Gasteiger charge is 2.28. The lowest BCUT2D eigenvalue weighted by Crippen LogP contribution is -2.50. The molecule has 162 valence electrons. The Bertz CT molecular complexity index is 854. The van der Waals surface area contributed by atoms with Crippen LogP contribution < -0.4 is 10.1 Å². The van der Waals surface area contributed by atoms with Gasteiger partial charge in [-0.05, 0) is 56.7 Å². The number of nitrogens with one attached hydrogen (secondary N) is 1. The van der Waals surface area contributed by atoms with Gasteiger partial charge in [0.25, 0.3) is 5.91 Å². The lowest BCUT2D eigenvalue weighted by atomic mass is 10.1. The summed E-state index contributed by atoms with van der Waals surface area (Å²) in [7, 11) is 0. The monoisotopic (exact) mass is 470 g/mol. The fourth-order valence-electron chi connectivity index (χ4n) is 2.66. The van der Waals surface area contributed by atoms with Crippen LogP contribution in [0.3, 0.4) is 0 Å². The van der Waals surface area contributed by atoms with E-state index in [1.165, 1.54) is 4.90 Å². The molecule has 2 atom stereocenters. The summed E-state index contributed by atoms with van der Waals surface area (Å²) in [4.78, 5) is 27.1. The molecule has 0 bridgehead atoms. The van der Waals surface area contributed by atoms with E-state index < -0.39 is 6.04 Å². The van der Waals surface area contributed by atoms with Gasteiger partial charge in [-0.1, -0.05) is 47.8 Å². The average molecular weight is 472 g/mol. The molecule has 2 aromatic carbocycles. The van der Waals surface area contributed by atoms with Crippen molar-refractivity contribution in [2.45, 2.75) is 45.8 Å². The summed E-state index contributed by atoms with van der Waals surface area (Å²) >= 11 is 18.5. The molecule has 0 fully saturated rings. The number of halogens is 3. The van der Waals surface area contributed by atoms with Crippen LogP contribution >= 0.6 is 34.8 Å². The van der Waals surface area contributed by atoms with E-state index >= 15 is 0 Å². The Kier molecular flexibility index (Phi) is 9.28. The van der Waals surface area contributed by atoms with Gasteiger partial charge in [-0.15, -0.1) is 0 Å². The van der Waals surface area contributed by atoms with E-state index in [2.05, 4.69) is 5.32 Å². The lowest BCUT2D eigenvalue weighted by molar-refractivity contribution is -0.142. The van der Waals surface area contributed by atoms with Gasteiger partial charge in [0.15, 0.2) is 6.61 Å². The Labute approximate surface area is 192 Å². The van der Waals surface area contributed by atoms with Crippen molar-refractivity contribution >= 4 is 46.6 Å². The Balaban J connectivity index is 2.21. The third-order valence-corrected chi connectivity index (χ3v) is 5.69. The largest absolute Gasteiger partial charge is 0.484 e. The minimum atomic E-state index is -0.743. The average Bonchev–Trinajstić information content (AvgIpc) is 2.72. The molecule has 2 aromatic rings. The van der Waals surface area contributed by atoms with Gasteiger partial charge in [0.05, 0.1) is 0 Å². The van der Waals surface area contributed by atoms with Gasteiger partial charge in [0, 0.05) is 33.2 Å². The molecule has 0 saturated carbocycles. The van der Waals surface area contributed by atoms with Crippen molar-refractivity contribution in [3.8, 4) is 5.75 Å². The Hall–Kier alpha value is -1.95. The summed E-state index contributed by atoms with van der Waals surface area (Å²) in [5.41, 5.74) is 0.573. The summed E-state index contributed by atoms with van der Waals surface area (Å²) < 4.78 is 5.59. The highest BCUT2D eigenvalue weighted by atomic mass is 35.5. The molecular formula is C22H25Cl3N2O3. The smallest absolute Gasteiger partial charge is 0.261 e. The van der Waals surface area contributed by atoms with Crippen LogP contribution in [0.1, 0.15) is 32.8 Å². The standard InChI is InChI=1S/C22H25Cl3N2O3/c1-4-14(2)26-22(29)15(3)27(12-18-19(24)6-5-7-20(18)25)21(28)13-30-17-10-8-16(23)9-11-17/h5-11,14-15H,4,12-13H2,1-3H3,(H,26,29)/t14-,15+/m0/s1. The van der Waals surface area contributed by atoms with E-state index in [9.17, 15) is 9.59 Å². The van der Waals surface area contributed by atoms with Gasteiger partial charge < -0.3 is 15.0 Å². The van der Waals surface area contributed by atoms with Crippen molar-refractivity contribution in [2.24, 2.45) is 0 Å². The van der Waals surface area contributed by atoms with Crippen LogP contribution in [0, 0.1) is 0 Å². The van der Waals surface area contributed by atoms with Gasteiger partial charge in [-0.25, -0.2) is 0 Å². The first kappa shape index (κ1) is 24.3. The molecule has 0 spiro atoms. The minimum Gasteiger partial charge on any atom is -0.484 e. The Morgan fingerprint density at radius 1 is 1.03 bits per heavy atom. The first-order valence-electron chi connectivity index (χ1n) is 9.64. The van der Waals surface area contributed by atoms with Crippen molar-refractivity contribution in [1.82, 2.24) is 10.2 Å². The molecule has 0 radical (unpaired) electrons. The van der Waals surface area contributed by atoms with Crippen molar-refractivity contribution in [2.75, 3.05) is 6.61 Å². The molecule has 1 N–H and O–H groups in total. The van der Waals surface area contributed by atoms with Crippen LogP contribution in [0.25, 0.3) is 0 Å². The van der Waals surface area contributed by atoms with E-state index in [-0.39, 0.29) is 31.0 Å². The zero-order valence-corrected chi connectivity index (χ0v) is 19.4. The third-order valence-electron chi connectivity index (χ3n) is 4.73. The number of amides is 2. The summed E-state index contributed by atoms with van der Waals surface area (Å²) in [6, 6.07) is 11.0. The molecule has 30 heavy (non-hydrogen) atoms. The number of hydrogen-bond donors (Lipinski definition) is 1. The molecule has 0 aliphatic heterocycles. The number of nitrogens with zero attached hydrogens (tertiary/aromatic N) is 1. The maximum absolute atomic E-state index is 13.0. The maximum atomic E-state index is 13.0. The van der Waals surface area contributed by atoms with Crippen LogP contribution in [0.15, 0.2) is 42.5 Å². The van der Waals surface area contributed by atoms with Gasteiger partial charge in [0.2, 0.25) is 5.91 Å². The van der Waals surface area contributed by atoms with Crippen LogP contribution in [-0.4, -0.2) is 35.4 Å². The zero-order chi connectivity index (χ0) is 22.3. The molecule has 2 rings (SSSR count). The minimum absolute atomic E-state index is 0.00822. The first-order chi connectivity index (χ1) is 14.2. The predicted molar refractivity (Wildman–Crippen MR) is 121 cm³/mol. The van der Waals surface area contributed by atoms with E-state index in [1.807, 2.05) is 13.8 Å². The van der Waals surface area contributed by atoms with Gasteiger partial charge in [-0.2, -0.15) is 0 Å². The molecule has 8 heteroatoms. The second-order valence-electron chi connectivity index (χ2n) is 6.96. The molecule has 0 aromatic heterocycles. The highest BCUT2D eigenvalue weighted by molar-refractivity contribution is 6.36. The van der Waals surface area contributed by atoms with E-state index in [1.54, 1.807) is 49.4 Å². The number of carbonyl (C=O) groups excluding carboxylic acids is 2. The Morgan fingerprint density at radius 3 is 2.20 bits per heavy atom. The molecule has 0 saturated heterocycles. The number of ether oxygens (including phenoxy) is 1. The summed E-state index contributed by atoms with van der Waals surface area (Å²) in [5.74, 6) is -0.125. The summed E-state index contributed by atoms with van der Waals surface area (Å²) in [6.45, 7) is 5.39. The summed E-state index contributed by atoms with van der Waals surface area (Å²) in [6.07, 6.45) is 0.780. The predicted octanol–water partition coefficient (Wildman–Crippen LogP) is 5.36. The normalized spacial score (nSPS) is 12.7. The lowest BCUT2D eigenvalue weighted by Gasteiger charge is -2.30. The van der Waals surface area contributed by atoms with Crippen molar-refractivity contribution < 1.29 is 14.3 Å². The molecular weight excluding hydrogens is 447 g/mol. The van der Waals surface area contributed by atoms with E-state index in [0.717, 1.165) is 6.42 Å². The maximum Gasteiger partial charge on any atom is 0.261 e. The van der Waals surface area contributed by atoms with Crippen molar-refractivity contribution in [3.05, 3.63) is 63.1 Å². The highest BCUT2D eigenvalue weighted by Crippen LogP contribution is 2.26. The van der Waals surface area contributed by atoms with Crippen LogP contribution in [0.2, 0.25) is 15.1 Å². The van der Waals surface area contributed by atoms with E-state index in [4.69, 9.17) is 39.5 Å². The molecule has 0 aliphatic carbocycles. The molecule has 0 heterocycles. The molecule has 5 nitrogen and oxygen atoms in total. The number of carbonyl (C=O) groups is 2. The third kappa shape index (κ3) is 6.79. The van der Waals surface area contributed by atoms with Crippen molar-refractivity contribution in [1.29, 1.82) is 0 Å². The number of rotatable bonds is 9. The topological polar surface area (TPSA) is 58.6 Å². The van der Waals surface area contributed by atoms with Gasteiger partial charge in [-0.3, -0.25) is 9.59 Å². The van der Waals surface area contributed by atoms with Crippen LogP contribution in [0.5, 0.6) is 5.75 Å². The second kappa shape index (κ2) is 11.4. The number of hydrogen-bond acceptors (Lipinski definition) is 3. The second-order valence-corrected chi connectivity index (χ2v) is 8.21. The zero-order valence-electron chi connectivity index (χ0n) is 17.1. The number of benzene rings is 2. The SMILES string of the molecule is CC[C@H](C)NC(=O)[C@@H](C)N(Cc1c(Cl)cccc1Cl)C(=O)COc1ccc(Cl)cc1. The Morgan fingerprint density at radius 2 is 1.63 bits per heavy atom. The van der Waals surface area contributed by atoms with Crippen molar-refractivity contribution in [3.63, 3.8) is 0 Å². The van der Waals surface area contributed by atoms with Gasteiger partial charge >= 0.3 is 0 Å². The molecule has 0 aliphatic rings. The van der Waals surface area contributed by atoms with Gasteiger partial charge in [0.1, 0.15) is 11.8 Å². The fraction of sp³-hybridized carbons (Fsp3) is 0.364. The first-order valence-corrected chi connectivity index (χ1v) is 10.8. The van der Waals surface area contributed by atoms with Crippen LogP contribution in [0.4, 0.5) is 0 Å². The van der Waals surface area contributed by atoms with Crippen LogP contribution in [-0.2, 0) is 16.1 Å².